The highest BCUT2D eigenvalue weighted by Crippen LogP contribution is 2.26. The van der Waals surface area contributed by atoms with Gasteiger partial charge in [0.25, 0.3) is 5.69 Å². The molecule has 36 heavy (non-hydrogen) atoms. The van der Waals surface area contributed by atoms with Crippen LogP contribution in [-0.4, -0.2) is 33.2 Å². The fourth-order valence-electron chi connectivity index (χ4n) is 3.45. The Kier molecular flexibility index (Phi) is 6.77. The highest BCUT2D eigenvalue weighted by molar-refractivity contribution is 5.92. The third-order valence-corrected chi connectivity index (χ3v) is 5.01. The Balaban J connectivity index is 1.66. The van der Waals surface area contributed by atoms with E-state index in [1.807, 2.05) is 0 Å². The SMILES string of the molecule is CCOC(=O)c1nn(-c2ccc([N+](=O)[O-])cc2)cc1OCc1cc(=O)oc2cc(NC(C)=O)ccc12. The molecule has 2 aromatic heterocycles. The van der Waals surface area contributed by atoms with Crippen molar-refractivity contribution in [1.29, 1.82) is 0 Å². The first-order valence-corrected chi connectivity index (χ1v) is 10.7. The highest BCUT2D eigenvalue weighted by atomic mass is 16.6. The van der Waals surface area contributed by atoms with E-state index in [9.17, 15) is 24.5 Å². The first kappa shape index (κ1) is 24.1. The van der Waals surface area contributed by atoms with Gasteiger partial charge in [0.1, 0.15) is 12.2 Å². The lowest BCUT2D eigenvalue weighted by atomic mass is 10.1. The largest absolute Gasteiger partial charge is 0.485 e. The lowest BCUT2D eigenvalue weighted by Crippen LogP contribution is -2.09. The minimum Gasteiger partial charge on any atom is -0.485 e. The maximum absolute atomic E-state index is 12.5. The molecule has 0 bridgehead atoms. The number of carbonyl (C=O) groups excluding carboxylic acids is 2. The van der Waals surface area contributed by atoms with Gasteiger partial charge in [-0.05, 0) is 31.2 Å². The lowest BCUT2D eigenvalue weighted by molar-refractivity contribution is -0.384. The number of hydrogen-bond acceptors (Lipinski definition) is 9. The van der Waals surface area contributed by atoms with Crippen LogP contribution in [0.3, 0.4) is 0 Å². The number of amides is 1. The summed E-state index contributed by atoms with van der Waals surface area (Å²) in [7, 11) is 0. The Morgan fingerprint density at radius 3 is 2.58 bits per heavy atom. The number of fused-ring (bicyclic) bond motifs is 1. The fraction of sp³-hybridized carbons (Fsp3) is 0.167. The molecule has 2 heterocycles. The van der Waals surface area contributed by atoms with Gasteiger partial charge in [-0.1, -0.05) is 0 Å². The molecule has 184 valence electrons. The number of ether oxygens (including phenoxy) is 2. The number of nitrogens with one attached hydrogen (secondary N) is 1. The summed E-state index contributed by atoms with van der Waals surface area (Å²) < 4.78 is 17.5. The molecule has 0 spiro atoms. The van der Waals surface area contributed by atoms with Crippen LogP contribution < -0.4 is 15.7 Å². The average Bonchev–Trinajstić information content (AvgIpc) is 3.26. The molecule has 1 N–H and O–H groups in total. The van der Waals surface area contributed by atoms with Crippen LogP contribution in [0, 0.1) is 10.1 Å². The van der Waals surface area contributed by atoms with Crippen molar-refractivity contribution >= 4 is 34.2 Å². The maximum atomic E-state index is 12.5. The van der Waals surface area contributed by atoms with E-state index in [2.05, 4.69) is 10.4 Å². The van der Waals surface area contributed by atoms with E-state index < -0.39 is 16.5 Å². The minimum atomic E-state index is -0.717. The molecule has 2 aromatic carbocycles. The maximum Gasteiger partial charge on any atom is 0.362 e. The number of carbonyl (C=O) groups is 2. The number of rotatable bonds is 8. The summed E-state index contributed by atoms with van der Waals surface area (Å²) in [6, 6.07) is 11.7. The number of anilines is 1. The number of nitro groups is 1. The molecule has 0 radical (unpaired) electrons. The molecule has 12 nitrogen and oxygen atoms in total. The highest BCUT2D eigenvalue weighted by Gasteiger charge is 2.21. The van der Waals surface area contributed by atoms with Gasteiger partial charge in [0.2, 0.25) is 11.6 Å². The Morgan fingerprint density at radius 1 is 1.17 bits per heavy atom. The van der Waals surface area contributed by atoms with E-state index >= 15 is 0 Å². The van der Waals surface area contributed by atoms with Crippen molar-refractivity contribution in [3.8, 4) is 11.4 Å². The van der Waals surface area contributed by atoms with Gasteiger partial charge < -0.3 is 19.2 Å². The van der Waals surface area contributed by atoms with E-state index in [1.54, 1.807) is 19.1 Å². The molecule has 0 aliphatic carbocycles. The monoisotopic (exact) mass is 492 g/mol. The summed E-state index contributed by atoms with van der Waals surface area (Å²) in [5, 5.41) is 18.4. The second-order valence-electron chi connectivity index (χ2n) is 7.55. The molecular formula is C24H20N4O8. The number of aromatic nitrogens is 2. The number of benzene rings is 2. The van der Waals surface area contributed by atoms with Crippen LogP contribution in [0.15, 0.2) is 63.9 Å². The first-order valence-electron chi connectivity index (χ1n) is 10.7. The second kappa shape index (κ2) is 10.1. The van der Waals surface area contributed by atoms with Gasteiger partial charge >= 0.3 is 11.6 Å². The van der Waals surface area contributed by atoms with Crippen molar-refractivity contribution in [3.05, 3.63) is 86.5 Å². The van der Waals surface area contributed by atoms with E-state index in [0.29, 0.717) is 22.3 Å². The van der Waals surface area contributed by atoms with Gasteiger partial charge in [0, 0.05) is 47.8 Å². The predicted octanol–water partition coefficient (Wildman–Crippen LogP) is 3.60. The van der Waals surface area contributed by atoms with Gasteiger partial charge in [-0.25, -0.2) is 14.3 Å². The summed E-state index contributed by atoms with van der Waals surface area (Å²) >= 11 is 0. The van der Waals surface area contributed by atoms with Gasteiger partial charge in [0.05, 0.1) is 23.4 Å². The third-order valence-electron chi connectivity index (χ3n) is 5.01. The molecule has 0 fully saturated rings. The standard InChI is InChI=1S/C24H20N4O8/c1-3-34-24(31)23-21(12-27(26-23)17-5-7-18(8-6-17)28(32)33)35-13-15-10-22(30)36-20-11-16(25-14(2)29)4-9-19(15)20/h4-12H,3,13H2,1-2H3,(H,25,29). The molecule has 4 aromatic rings. The van der Waals surface area contributed by atoms with Gasteiger partial charge in [-0.2, -0.15) is 5.10 Å². The Morgan fingerprint density at radius 2 is 1.92 bits per heavy atom. The van der Waals surface area contributed by atoms with E-state index in [-0.39, 0.29) is 41.8 Å². The zero-order chi connectivity index (χ0) is 25.8. The molecule has 0 atom stereocenters. The third kappa shape index (κ3) is 5.22. The van der Waals surface area contributed by atoms with Crippen molar-refractivity contribution in [2.24, 2.45) is 0 Å². The van der Waals surface area contributed by atoms with Crippen molar-refractivity contribution in [1.82, 2.24) is 9.78 Å². The molecule has 0 aliphatic heterocycles. The lowest BCUT2D eigenvalue weighted by Gasteiger charge is -2.09. The zero-order valence-electron chi connectivity index (χ0n) is 19.2. The number of esters is 1. The quantitative estimate of drug-likeness (QED) is 0.168. The van der Waals surface area contributed by atoms with Gasteiger partial charge in [-0.3, -0.25) is 14.9 Å². The van der Waals surface area contributed by atoms with E-state index in [1.165, 1.54) is 54.2 Å². The molecule has 0 saturated heterocycles. The number of nitro benzene ring substituents is 1. The van der Waals surface area contributed by atoms with Crippen LogP contribution in [0.1, 0.15) is 29.9 Å². The summed E-state index contributed by atoms with van der Waals surface area (Å²) in [4.78, 5) is 46.3. The Labute approximate surface area is 203 Å². The summed E-state index contributed by atoms with van der Waals surface area (Å²) in [5.74, 6) is -0.902. The minimum absolute atomic E-state index is 0.0862. The van der Waals surface area contributed by atoms with Crippen LogP contribution in [0.4, 0.5) is 11.4 Å². The van der Waals surface area contributed by atoms with Crippen molar-refractivity contribution in [3.63, 3.8) is 0 Å². The topological polar surface area (TPSA) is 156 Å². The average molecular weight is 492 g/mol. The van der Waals surface area contributed by atoms with Crippen molar-refractivity contribution in [2.75, 3.05) is 11.9 Å². The second-order valence-corrected chi connectivity index (χ2v) is 7.55. The smallest absolute Gasteiger partial charge is 0.362 e. The molecule has 1 amide bonds. The molecule has 12 heteroatoms. The summed E-state index contributed by atoms with van der Waals surface area (Å²) in [5.41, 5.74) is 0.837. The summed E-state index contributed by atoms with van der Waals surface area (Å²) in [6.07, 6.45) is 1.44. The molecule has 0 saturated carbocycles. The summed E-state index contributed by atoms with van der Waals surface area (Å²) in [6.45, 7) is 3.02. The number of nitrogens with zero attached hydrogens (tertiary/aromatic N) is 3. The molecule has 4 rings (SSSR count). The Bertz CT molecular complexity index is 1520. The zero-order valence-corrected chi connectivity index (χ0v) is 19.2. The number of hydrogen-bond donors (Lipinski definition) is 1. The first-order chi connectivity index (χ1) is 17.2. The van der Waals surface area contributed by atoms with Crippen LogP contribution in [0.2, 0.25) is 0 Å². The van der Waals surface area contributed by atoms with Crippen molar-refractivity contribution < 1.29 is 28.4 Å². The van der Waals surface area contributed by atoms with Crippen molar-refractivity contribution in [2.45, 2.75) is 20.5 Å². The van der Waals surface area contributed by atoms with Gasteiger partial charge in [-0.15, -0.1) is 0 Å². The van der Waals surface area contributed by atoms with Crippen LogP contribution in [0.5, 0.6) is 5.75 Å². The molecule has 0 aliphatic rings. The van der Waals surface area contributed by atoms with Crippen LogP contribution in [-0.2, 0) is 16.1 Å². The van der Waals surface area contributed by atoms with Crippen LogP contribution >= 0.6 is 0 Å². The van der Waals surface area contributed by atoms with E-state index in [0.717, 1.165) is 0 Å². The fourth-order valence-corrected chi connectivity index (χ4v) is 3.45. The number of non-ortho nitro benzene ring substituents is 1. The molecule has 0 unspecified atom stereocenters. The predicted molar refractivity (Wildman–Crippen MR) is 127 cm³/mol. The van der Waals surface area contributed by atoms with E-state index in [4.69, 9.17) is 13.9 Å². The molecular weight excluding hydrogens is 472 g/mol. The Hall–Kier alpha value is -5.00. The van der Waals surface area contributed by atoms with Gasteiger partial charge in [0.15, 0.2) is 5.75 Å². The normalized spacial score (nSPS) is 10.7. The van der Waals surface area contributed by atoms with Crippen LogP contribution in [0.25, 0.3) is 16.7 Å².